The molecular formula is C11H11ClF3NO4S. The third-order valence-electron chi connectivity index (χ3n) is 2.38. The largest absolute Gasteiger partial charge is 0.481 e. The summed E-state index contributed by atoms with van der Waals surface area (Å²) in [5.74, 6) is -1.82. The zero-order chi connectivity index (χ0) is 16.3. The van der Waals surface area contributed by atoms with Gasteiger partial charge in [-0.15, -0.1) is 0 Å². The molecule has 0 fully saturated rings. The Balaban J connectivity index is 2.99. The quantitative estimate of drug-likeness (QED) is 0.830. The van der Waals surface area contributed by atoms with Crippen molar-refractivity contribution < 1.29 is 31.5 Å². The maximum absolute atomic E-state index is 12.8. The number of nitrogens with one attached hydrogen (secondary N) is 1. The fourth-order valence-electron chi connectivity index (χ4n) is 1.48. The smallest absolute Gasteiger partial charge is 0.418 e. The Morgan fingerprint density at radius 1 is 1.33 bits per heavy atom. The number of anilines is 1. The molecule has 2 N–H and O–H groups in total. The van der Waals surface area contributed by atoms with E-state index in [0.717, 1.165) is 12.1 Å². The Bertz CT molecular complexity index is 631. The van der Waals surface area contributed by atoms with Crippen molar-refractivity contribution in [1.82, 2.24) is 0 Å². The summed E-state index contributed by atoms with van der Waals surface area (Å²) < 4.78 is 63.5. The summed E-state index contributed by atoms with van der Waals surface area (Å²) in [6.07, 6.45) is -5.41. The van der Waals surface area contributed by atoms with Gasteiger partial charge in [-0.1, -0.05) is 17.7 Å². The lowest BCUT2D eigenvalue weighted by atomic mass is 10.2. The van der Waals surface area contributed by atoms with Gasteiger partial charge in [-0.2, -0.15) is 13.2 Å². The normalized spacial score (nSPS) is 12.2. The molecule has 0 amide bonds. The zero-order valence-electron chi connectivity index (χ0n) is 10.4. The maximum Gasteiger partial charge on any atom is 0.418 e. The van der Waals surface area contributed by atoms with E-state index in [1.807, 2.05) is 0 Å². The third kappa shape index (κ3) is 5.43. The molecular weight excluding hydrogens is 335 g/mol. The molecule has 0 atom stereocenters. The van der Waals surface area contributed by atoms with Crippen LogP contribution in [-0.2, 0) is 21.0 Å². The van der Waals surface area contributed by atoms with Crippen LogP contribution in [0.2, 0.25) is 5.02 Å². The van der Waals surface area contributed by atoms with Crippen LogP contribution in [0.5, 0.6) is 0 Å². The fraction of sp³-hybridized carbons (Fsp3) is 0.364. The van der Waals surface area contributed by atoms with Crippen molar-refractivity contribution in [1.29, 1.82) is 0 Å². The number of carboxylic acids is 1. The van der Waals surface area contributed by atoms with Gasteiger partial charge in [-0.05, 0) is 18.6 Å². The number of hydrogen-bond donors (Lipinski definition) is 2. The van der Waals surface area contributed by atoms with E-state index in [1.165, 1.54) is 0 Å². The summed E-state index contributed by atoms with van der Waals surface area (Å²) in [5, 5.41) is 8.01. The van der Waals surface area contributed by atoms with Gasteiger partial charge >= 0.3 is 12.1 Å². The van der Waals surface area contributed by atoms with E-state index in [-0.39, 0.29) is 6.42 Å². The van der Waals surface area contributed by atoms with E-state index in [9.17, 15) is 26.4 Å². The molecule has 21 heavy (non-hydrogen) atoms. The topological polar surface area (TPSA) is 83.5 Å². The van der Waals surface area contributed by atoms with Gasteiger partial charge in [-0.25, -0.2) is 8.42 Å². The molecule has 0 bridgehead atoms. The monoisotopic (exact) mass is 345 g/mol. The number of alkyl halides is 3. The van der Waals surface area contributed by atoms with Gasteiger partial charge in [-0.3, -0.25) is 9.52 Å². The molecule has 0 aliphatic carbocycles. The van der Waals surface area contributed by atoms with E-state index in [2.05, 4.69) is 0 Å². The van der Waals surface area contributed by atoms with Crippen LogP contribution in [0.25, 0.3) is 0 Å². The molecule has 0 radical (unpaired) electrons. The highest BCUT2D eigenvalue weighted by Crippen LogP contribution is 2.38. The number of carbonyl (C=O) groups is 1. The Labute approximate surface area is 123 Å². The minimum absolute atomic E-state index is 0.226. The van der Waals surface area contributed by atoms with E-state index < -0.39 is 50.6 Å². The van der Waals surface area contributed by atoms with Gasteiger partial charge in [0.2, 0.25) is 10.0 Å². The second-order valence-corrected chi connectivity index (χ2v) is 6.33. The molecule has 1 aromatic rings. The number of sulfonamides is 1. The molecule has 1 aromatic carbocycles. The van der Waals surface area contributed by atoms with Crippen LogP contribution in [0.15, 0.2) is 18.2 Å². The summed E-state index contributed by atoms with van der Waals surface area (Å²) in [7, 11) is -4.13. The van der Waals surface area contributed by atoms with Gasteiger partial charge in [0, 0.05) is 6.42 Å². The average molecular weight is 346 g/mol. The maximum atomic E-state index is 12.8. The fourth-order valence-corrected chi connectivity index (χ4v) is 2.92. The number of halogens is 4. The molecule has 0 heterocycles. The molecule has 1 rings (SSSR count). The molecule has 5 nitrogen and oxygen atoms in total. The van der Waals surface area contributed by atoms with Crippen molar-refractivity contribution in [2.45, 2.75) is 19.0 Å². The predicted molar refractivity (Wildman–Crippen MR) is 70.7 cm³/mol. The second-order valence-electron chi connectivity index (χ2n) is 4.08. The van der Waals surface area contributed by atoms with Crippen molar-refractivity contribution in [2.75, 3.05) is 10.5 Å². The lowest BCUT2D eigenvalue weighted by Crippen LogP contribution is -2.20. The van der Waals surface area contributed by atoms with Crippen molar-refractivity contribution in [3.8, 4) is 0 Å². The van der Waals surface area contributed by atoms with E-state index >= 15 is 0 Å². The van der Waals surface area contributed by atoms with Crippen LogP contribution < -0.4 is 4.72 Å². The predicted octanol–water partition coefficient (Wildman–Crippen LogP) is 2.97. The summed E-state index contributed by atoms with van der Waals surface area (Å²) in [6.45, 7) is 0. The van der Waals surface area contributed by atoms with Gasteiger partial charge < -0.3 is 5.11 Å². The molecule has 0 aliphatic rings. The van der Waals surface area contributed by atoms with Crippen molar-refractivity contribution >= 4 is 33.3 Å². The standard InChI is InChI=1S/C11H11ClF3NO4S/c12-8-4-1-3-7(11(13,14)15)10(8)16-21(19,20)6-2-5-9(17)18/h1,3-4,16H,2,5-6H2,(H,17,18). The van der Waals surface area contributed by atoms with Crippen LogP contribution in [0.3, 0.4) is 0 Å². The summed E-state index contributed by atoms with van der Waals surface area (Å²) >= 11 is 5.60. The first-order valence-electron chi connectivity index (χ1n) is 5.61. The molecule has 0 unspecified atom stereocenters. The summed E-state index contributed by atoms with van der Waals surface area (Å²) in [5.41, 5.74) is -1.97. The Hall–Kier alpha value is -1.48. The van der Waals surface area contributed by atoms with Crippen molar-refractivity contribution in [3.05, 3.63) is 28.8 Å². The first-order chi connectivity index (χ1) is 9.53. The van der Waals surface area contributed by atoms with Crippen LogP contribution in [-0.4, -0.2) is 25.2 Å². The van der Waals surface area contributed by atoms with Crippen LogP contribution in [0, 0.1) is 0 Å². The Morgan fingerprint density at radius 3 is 2.48 bits per heavy atom. The molecule has 0 saturated heterocycles. The molecule has 0 aliphatic heterocycles. The van der Waals surface area contributed by atoms with Gasteiger partial charge in [0.1, 0.15) is 0 Å². The average Bonchev–Trinajstić information content (AvgIpc) is 2.29. The number of aliphatic carboxylic acids is 1. The van der Waals surface area contributed by atoms with Gasteiger partial charge in [0.05, 0.1) is 22.0 Å². The Kier molecular flexibility index (Phi) is 5.46. The minimum atomic E-state index is -4.77. The molecule has 0 aromatic heterocycles. The number of carboxylic acid groups (broad SMARTS) is 1. The van der Waals surface area contributed by atoms with Crippen LogP contribution in [0.4, 0.5) is 18.9 Å². The van der Waals surface area contributed by atoms with E-state index in [1.54, 1.807) is 4.72 Å². The van der Waals surface area contributed by atoms with Crippen molar-refractivity contribution in [3.63, 3.8) is 0 Å². The number of benzene rings is 1. The summed E-state index contributed by atoms with van der Waals surface area (Å²) in [4.78, 5) is 10.3. The second kappa shape index (κ2) is 6.52. The SMILES string of the molecule is O=C(O)CCCS(=O)(=O)Nc1c(Cl)cccc1C(F)(F)F. The minimum Gasteiger partial charge on any atom is -0.481 e. The van der Waals surface area contributed by atoms with Crippen LogP contribution >= 0.6 is 11.6 Å². The first kappa shape index (κ1) is 17.6. The lowest BCUT2D eigenvalue weighted by Gasteiger charge is -2.15. The lowest BCUT2D eigenvalue weighted by molar-refractivity contribution is -0.137. The molecule has 10 heteroatoms. The van der Waals surface area contributed by atoms with E-state index in [4.69, 9.17) is 16.7 Å². The van der Waals surface area contributed by atoms with Crippen molar-refractivity contribution in [2.24, 2.45) is 0 Å². The zero-order valence-corrected chi connectivity index (χ0v) is 12.0. The van der Waals surface area contributed by atoms with Gasteiger partial charge in [0.15, 0.2) is 0 Å². The third-order valence-corrected chi connectivity index (χ3v) is 4.04. The highest BCUT2D eigenvalue weighted by Gasteiger charge is 2.35. The van der Waals surface area contributed by atoms with Crippen LogP contribution in [0.1, 0.15) is 18.4 Å². The van der Waals surface area contributed by atoms with Gasteiger partial charge in [0.25, 0.3) is 0 Å². The number of para-hydroxylation sites is 1. The number of rotatable bonds is 6. The molecule has 0 spiro atoms. The number of hydrogen-bond acceptors (Lipinski definition) is 3. The summed E-state index contributed by atoms with van der Waals surface area (Å²) in [6, 6.07) is 2.86. The molecule has 0 saturated carbocycles. The van der Waals surface area contributed by atoms with E-state index in [0.29, 0.717) is 6.07 Å². The Morgan fingerprint density at radius 2 is 1.95 bits per heavy atom. The highest BCUT2D eigenvalue weighted by molar-refractivity contribution is 7.92. The first-order valence-corrected chi connectivity index (χ1v) is 7.64. The highest BCUT2D eigenvalue weighted by atomic mass is 35.5. The molecule has 118 valence electrons.